The highest BCUT2D eigenvalue weighted by Crippen LogP contribution is 2.51. The lowest BCUT2D eigenvalue weighted by Crippen LogP contribution is -2.31. The molecule has 0 saturated carbocycles. The van der Waals surface area contributed by atoms with Crippen molar-refractivity contribution < 1.29 is 19.0 Å². The van der Waals surface area contributed by atoms with Crippen molar-refractivity contribution in [1.82, 2.24) is 0 Å². The Morgan fingerprint density at radius 3 is 2.69 bits per heavy atom. The van der Waals surface area contributed by atoms with Crippen LogP contribution in [0.25, 0.3) is 6.08 Å². The van der Waals surface area contributed by atoms with Crippen LogP contribution in [-0.2, 0) is 19.8 Å². The van der Waals surface area contributed by atoms with E-state index in [1.54, 1.807) is 6.08 Å². The summed E-state index contributed by atoms with van der Waals surface area (Å²) in [6.45, 7) is 0.281. The predicted molar refractivity (Wildman–Crippen MR) is 100 cm³/mol. The molecule has 2 aliphatic rings. The summed E-state index contributed by atoms with van der Waals surface area (Å²) in [5, 5.41) is 0. The fourth-order valence-electron chi connectivity index (χ4n) is 3.18. The molecule has 1 atom stereocenters. The molecule has 0 fully saturated rings. The SMILES string of the molecule is COC(=O)/C=C/c1ccc2c(c1)C1(COC(N)=N1)c1cc(Br)ccc1O2. The maximum absolute atomic E-state index is 11.4. The molecule has 0 aromatic heterocycles. The maximum Gasteiger partial charge on any atom is 0.330 e. The third-order valence-corrected chi connectivity index (χ3v) is 4.89. The van der Waals surface area contributed by atoms with Crippen LogP contribution in [0.3, 0.4) is 0 Å². The number of carbonyl (C=O) groups excluding carboxylic acids is 1. The lowest BCUT2D eigenvalue weighted by molar-refractivity contribution is -0.134. The first-order valence-corrected chi connectivity index (χ1v) is 8.68. The van der Waals surface area contributed by atoms with Gasteiger partial charge in [-0.1, -0.05) is 22.0 Å². The summed E-state index contributed by atoms with van der Waals surface area (Å²) < 4.78 is 17.1. The smallest absolute Gasteiger partial charge is 0.330 e. The van der Waals surface area contributed by atoms with Gasteiger partial charge >= 0.3 is 5.97 Å². The number of benzene rings is 2. The Bertz CT molecular complexity index is 970. The number of carbonyl (C=O) groups is 1. The quantitative estimate of drug-likeness (QED) is 0.601. The fourth-order valence-corrected chi connectivity index (χ4v) is 3.54. The Balaban J connectivity index is 1.88. The number of nitrogens with two attached hydrogens (primary N) is 1. The van der Waals surface area contributed by atoms with Crippen molar-refractivity contribution >= 4 is 34.0 Å². The summed E-state index contributed by atoms with van der Waals surface area (Å²) in [6, 6.07) is 11.5. The van der Waals surface area contributed by atoms with Crippen LogP contribution >= 0.6 is 15.9 Å². The minimum atomic E-state index is -0.786. The highest BCUT2D eigenvalue weighted by atomic mass is 79.9. The van der Waals surface area contributed by atoms with Crippen LogP contribution in [0.15, 0.2) is 51.9 Å². The van der Waals surface area contributed by atoms with Crippen molar-refractivity contribution in [3.63, 3.8) is 0 Å². The molecule has 0 radical (unpaired) electrons. The van der Waals surface area contributed by atoms with Crippen molar-refractivity contribution in [3.8, 4) is 11.5 Å². The molecule has 1 unspecified atom stereocenters. The second-order valence-electron chi connectivity index (χ2n) is 5.95. The second kappa shape index (κ2) is 6.17. The molecule has 2 heterocycles. The van der Waals surface area contributed by atoms with Crippen LogP contribution in [0.1, 0.15) is 16.7 Å². The second-order valence-corrected chi connectivity index (χ2v) is 6.87. The van der Waals surface area contributed by atoms with Crippen molar-refractivity contribution in [1.29, 1.82) is 0 Å². The molecule has 0 amide bonds. The summed E-state index contributed by atoms with van der Waals surface area (Å²) in [4.78, 5) is 16.0. The number of aliphatic imine (C=N–C) groups is 1. The standard InChI is InChI=1S/C19H15BrN2O4/c1-24-17(23)7-3-11-2-5-15-13(8-11)19(10-25-18(21)22-19)14-9-12(20)4-6-16(14)26-15/h2-9H,10H2,1H3,(H2,21,22)/b7-3+. The molecule has 2 aromatic carbocycles. The van der Waals surface area contributed by atoms with Gasteiger partial charge in [-0.3, -0.25) is 0 Å². The first-order valence-electron chi connectivity index (χ1n) is 7.88. The Labute approximate surface area is 158 Å². The number of halogens is 1. The van der Waals surface area contributed by atoms with Crippen LogP contribution in [-0.4, -0.2) is 25.7 Å². The Hall–Kier alpha value is -2.80. The van der Waals surface area contributed by atoms with Gasteiger partial charge in [0.25, 0.3) is 6.02 Å². The largest absolute Gasteiger partial charge is 0.466 e. The minimum absolute atomic E-state index is 0.138. The molecule has 6 nitrogen and oxygen atoms in total. The van der Waals surface area contributed by atoms with Gasteiger partial charge in [-0.15, -0.1) is 0 Å². The average molecular weight is 415 g/mol. The van der Waals surface area contributed by atoms with E-state index in [2.05, 4.69) is 25.7 Å². The molecule has 4 rings (SSSR count). The minimum Gasteiger partial charge on any atom is -0.466 e. The van der Waals surface area contributed by atoms with Crippen LogP contribution in [0.2, 0.25) is 0 Å². The van der Waals surface area contributed by atoms with Crippen LogP contribution in [0.5, 0.6) is 11.5 Å². The van der Waals surface area contributed by atoms with Gasteiger partial charge in [0, 0.05) is 21.7 Å². The number of methoxy groups -OCH3 is 1. The Morgan fingerprint density at radius 2 is 2.00 bits per heavy atom. The van der Waals surface area contributed by atoms with E-state index in [0.29, 0.717) is 11.5 Å². The number of amidine groups is 1. The maximum atomic E-state index is 11.4. The van der Waals surface area contributed by atoms with Gasteiger partial charge in [-0.2, -0.15) is 0 Å². The molecule has 2 N–H and O–H groups in total. The number of ether oxygens (including phenoxy) is 3. The number of fused-ring (bicyclic) bond motifs is 4. The van der Waals surface area contributed by atoms with Crippen molar-refractivity contribution in [3.05, 3.63) is 63.6 Å². The van der Waals surface area contributed by atoms with Crippen molar-refractivity contribution in [2.75, 3.05) is 13.7 Å². The molecule has 2 aliphatic heterocycles. The summed E-state index contributed by atoms with van der Waals surface area (Å²) in [6.07, 6.45) is 3.05. The number of rotatable bonds is 2. The fraction of sp³-hybridized carbons (Fsp3) is 0.158. The first kappa shape index (κ1) is 16.7. The molecule has 2 aromatic rings. The van der Waals surface area contributed by atoms with E-state index < -0.39 is 11.5 Å². The van der Waals surface area contributed by atoms with E-state index in [1.807, 2.05) is 36.4 Å². The van der Waals surface area contributed by atoms with E-state index in [0.717, 1.165) is 21.2 Å². The van der Waals surface area contributed by atoms with Gasteiger partial charge in [0.2, 0.25) is 0 Å². The molecule has 0 saturated heterocycles. The van der Waals surface area contributed by atoms with Gasteiger partial charge in [0.05, 0.1) is 7.11 Å². The third-order valence-electron chi connectivity index (χ3n) is 4.40. The van der Waals surface area contributed by atoms with E-state index >= 15 is 0 Å². The van der Waals surface area contributed by atoms with Crippen molar-refractivity contribution in [2.45, 2.75) is 5.54 Å². The molecular formula is C19H15BrN2O4. The normalized spacial score (nSPS) is 20.2. The van der Waals surface area contributed by atoms with Crippen LogP contribution < -0.4 is 10.5 Å². The number of hydrogen-bond donors (Lipinski definition) is 1. The van der Waals surface area contributed by atoms with E-state index in [4.69, 9.17) is 15.2 Å². The van der Waals surface area contributed by atoms with Gasteiger partial charge in [0.1, 0.15) is 18.1 Å². The summed E-state index contributed by atoms with van der Waals surface area (Å²) in [7, 11) is 1.34. The zero-order valence-electron chi connectivity index (χ0n) is 13.9. The molecule has 1 spiro atoms. The summed E-state index contributed by atoms with van der Waals surface area (Å²) in [5.41, 5.74) is 7.58. The topological polar surface area (TPSA) is 83.1 Å². The van der Waals surface area contributed by atoms with Crippen molar-refractivity contribution in [2.24, 2.45) is 10.7 Å². The zero-order valence-corrected chi connectivity index (χ0v) is 15.4. The Kier molecular flexibility index (Phi) is 3.96. The molecule has 26 heavy (non-hydrogen) atoms. The number of nitrogens with zero attached hydrogens (tertiary/aromatic N) is 1. The molecule has 132 valence electrons. The van der Waals surface area contributed by atoms with Gasteiger partial charge in [0.15, 0.2) is 5.54 Å². The third kappa shape index (κ3) is 2.64. The highest BCUT2D eigenvalue weighted by Gasteiger charge is 2.47. The lowest BCUT2D eigenvalue weighted by Gasteiger charge is -2.33. The number of hydrogen-bond acceptors (Lipinski definition) is 6. The highest BCUT2D eigenvalue weighted by molar-refractivity contribution is 9.10. The van der Waals surface area contributed by atoms with Crippen LogP contribution in [0.4, 0.5) is 0 Å². The molecule has 0 aliphatic carbocycles. The van der Waals surface area contributed by atoms with Gasteiger partial charge in [-0.25, -0.2) is 9.79 Å². The van der Waals surface area contributed by atoms with Gasteiger partial charge < -0.3 is 19.9 Å². The molecular weight excluding hydrogens is 400 g/mol. The van der Waals surface area contributed by atoms with E-state index in [1.165, 1.54) is 13.2 Å². The molecule has 0 bridgehead atoms. The first-order chi connectivity index (χ1) is 12.5. The van der Waals surface area contributed by atoms with E-state index in [9.17, 15) is 4.79 Å². The lowest BCUT2D eigenvalue weighted by atomic mass is 9.81. The zero-order chi connectivity index (χ0) is 18.3. The monoisotopic (exact) mass is 414 g/mol. The predicted octanol–water partition coefficient (Wildman–Crippen LogP) is 3.33. The van der Waals surface area contributed by atoms with Crippen LogP contribution in [0, 0.1) is 0 Å². The Morgan fingerprint density at radius 1 is 1.27 bits per heavy atom. The summed E-state index contributed by atoms with van der Waals surface area (Å²) >= 11 is 3.50. The summed E-state index contributed by atoms with van der Waals surface area (Å²) in [5.74, 6) is 0.965. The molecule has 7 heteroatoms. The van der Waals surface area contributed by atoms with E-state index in [-0.39, 0.29) is 12.6 Å². The average Bonchev–Trinajstić information content (AvgIpc) is 3.03. The van der Waals surface area contributed by atoms with Gasteiger partial charge in [-0.05, 0) is 42.0 Å². The number of esters is 1.